The highest BCUT2D eigenvalue weighted by Gasteiger charge is 2.36. The summed E-state index contributed by atoms with van der Waals surface area (Å²) in [5.41, 5.74) is 8.41. The summed E-state index contributed by atoms with van der Waals surface area (Å²) in [4.78, 5) is 40.4. The van der Waals surface area contributed by atoms with Gasteiger partial charge < -0.3 is 16.4 Å². The van der Waals surface area contributed by atoms with E-state index in [1.165, 1.54) is 0 Å². The number of hydrogen-bond acceptors (Lipinski definition) is 4. The number of hydrogen-bond donors (Lipinski definition) is 3. The largest absolute Gasteiger partial charge is 0.349 e. The van der Waals surface area contributed by atoms with Gasteiger partial charge >= 0.3 is 0 Å². The van der Waals surface area contributed by atoms with Crippen molar-refractivity contribution in [2.75, 3.05) is 10.2 Å². The summed E-state index contributed by atoms with van der Waals surface area (Å²) in [6.07, 6.45) is 4.25. The fourth-order valence-electron chi connectivity index (χ4n) is 4.55. The molecule has 2 aliphatic rings. The van der Waals surface area contributed by atoms with Gasteiger partial charge in [0.2, 0.25) is 11.8 Å². The Morgan fingerprint density at radius 3 is 2.50 bits per heavy atom. The molecule has 168 valence electrons. The molecule has 0 spiro atoms. The molecule has 2 aromatic rings. The van der Waals surface area contributed by atoms with Gasteiger partial charge in [0, 0.05) is 17.6 Å². The summed E-state index contributed by atoms with van der Waals surface area (Å²) >= 11 is 0. The minimum atomic E-state index is -0.579. The first-order valence-corrected chi connectivity index (χ1v) is 11.3. The van der Waals surface area contributed by atoms with Crippen LogP contribution < -0.4 is 21.3 Å². The lowest BCUT2D eigenvalue weighted by molar-refractivity contribution is -0.123. The number of nitrogens with one attached hydrogen (secondary N) is 2. The number of nitrogens with zero attached hydrogens (tertiary/aromatic N) is 1. The SMILES string of the molecule is CCC1C(=O)Nc2cc(C(=O)NC3CCC(N)CC3)ccc2N1C(=O)Cc1ccccc1. The molecule has 4 N–H and O–H groups in total. The summed E-state index contributed by atoms with van der Waals surface area (Å²) in [6.45, 7) is 1.88. The molecule has 1 aliphatic heterocycles. The van der Waals surface area contributed by atoms with Gasteiger partial charge in [-0.05, 0) is 55.9 Å². The molecule has 0 aromatic heterocycles. The van der Waals surface area contributed by atoms with Crippen molar-refractivity contribution < 1.29 is 14.4 Å². The van der Waals surface area contributed by atoms with Crippen LogP contribution in [0.15, 0.2) is 48.5 Å². The zero-order chi connectivity index (χ0) is 22.7. The smallest absolute Gasteiger partial charge is 0.251 e. The van der Waals surface area contributed by atoms with Gasteiger partial charge in [-0.25, -0.2) is 0 Å². The van der Waals surface area contributed by atoms with E-state index in [4.69, 9.17) is 5.73 Å². The summed E-state index contributed by atoms with van der Waals surface area (Å²) < 4.78 is 0. The van der Waals surface area contributed by atoms with Crippen LogP contribution in [-0.4, -0.2) is 35.8 Å². The van der Waals surface area contributed by atoms with E-state index in [1.54, 1.807) is 23.1 Å². The van der Waals surface area contributed by atoms with Crippen LogP contribution in [0.2, 0.25) is 0 Å². The van der Waals surface area contributed by atoms with Crippen LogP contribution in [0.3, 0.4) is 0 Å². The third-order valence-corrected chi connectivity index (χ3v) is 6.35. The molecule has 1 aliphatic carbocycles. The summed E-state index contributed by atoms with van der Waals surface area (Å²) in [5.74, 6) is -0.558. The lowest BCUT2D eigenvalue weighted by atomic mass is 9.91. The van der Waals surface area contributed by atoms with Crippen molar-refractivity contribution in [1.82, 2.24) is 5.32 Å². The van der Waals surface area contributed by atoms with Crippen molar-refractivity contribution >= 4 is 29.1 Å². The van der Waals surface area contributed by atoms with Crippen molar-refractivity contribution in [1.29, 1.82) is 0 Å². The molecule has 1 atom stereocenters. The highest BCUT2D eigenvalue weighted by atomic mass is 16.2. The zero-order valence-corrected chi connectivity index (χ0v) is 18.3. The fraction of sp³-hybridized carbons (Fsp3) is 0.400. The Bertz CT molecular complexity index is 1000. The van der Waals surface area contributed by atoms with Gasteiger partial charge in [0.05, 0.1) is 17.8 Å². The lowest BCUT2D eigenvalue weighted by Crippen LogP contribution is -2.51. The molecular weight excluding hydrogens is 404 g/mol. The Kier molecular flexibility index (Phi) is 6.55. The molecule has 0 saturated heterocycles. The standard InChI is InChI=1S/C25H30N4O3/c1-2-21-25(32)28-20-15-17(24(31)27-19-11-9-18(26)10-12-19)8-13-22(20)29(21)23(30)14-16-6-4-3-5-7-16/h3-8,13,15,18-19,21H,2,9-12,14,26H2,1H3,(H,27,31)(H,28,32). The number of nitrogens with two attached hydrogens (primary N) is 1. The second-order valence-electron chi connectivity index (χ2n) is 8.66. The van der Waals surface area contributed by atoms with Crippen LogP contribution in [-0.2, 0) is 16.0 Å². The van der Waals surface area contributed by atoms with Crippen LogP contribution >= 0.6 is 0 Å². The molecule has 0 bridgehead atoms. The van der Waals surface area contributed by atoms with E-state index in [0.29, 0.717) is 23.4 Å². The van der Waals surface area contributed by atoms with E-state index in [2.05, 4.69) is 10.6 Å². The maximum atomic E-state index is 13.2. The average Bonchev–Trinajstić information content (AvgIpc) is 2.79. The highest BCUT2D eigenvalue weighted by molar-refractivity contribution is 6.13. The van der Waals surface area contributed by atoms with Gasteiger partial charge in [-0.2, -0.15) is 0 Å². The molecule has 7 heteroatoms. The Labute approximate surface area is 188 Å². The van der Waals surface area contributed by atoms with Gasteiger partial charge in [0.15, 0.2) is 0 Å². The van der Waals surface area contributed by atoms with Crippen molar-refractivity contribution in [2.24, 2.45) is 5.73 Å². The molecule has 2 aromatic carbocycles. The quantitative estimate of drug-likeness (QED) is 0.673. The Balaban J connectivity index is 1.56. The second kappa shape index (κ2) is 9.53. The Morgan fingerprint density at radius 2 is 1.81 bits per heavy atom. The van der Waals surface area contributed by atoms with Crippen LogP contribution in [0.5, 0.6) is 0 Å². The lowest BCUT2D eigenvalue weighted by Gasteiger charge is -2.36. The number of fused-ring (bicyclic) bond motifs is 1. The molecular formula is C25H30N4O3. The van der Waals surface area contributed by atoms with E-state index in [1.807, 2.05) is 37.3 Å². The minimum absolute atomic E-state index is 0.112. The number of carbonyl (C=O) groups is 3. The topological polar surface area (TPSA) is 105 Å². The van der Waals surface area contributed by atoms with E-state index < -0.39 is 6.04 Å². The molecule has 32 heavy (non-hydrogen) atoms. The second-order valence-corrected chi connectivity index (χ2v) is 8.66. The van der Waals surface area contributed by atoms with Crippen LogP contribution in [0, 0.1) is 0 Å². The van der Waals surface area contributed by atoms with Gasteiger partial charge in [0.25, 0.3) is 5.91 Å². The predicted octanol–water partition coefficient (Wildman–Crippen LogP) is 2.99. The number of amides is 3. The maximum Gasteiger partial charge on any atom is 0.251 e. The van der Waals surface area contributed by atoms with E-state index in [-0.39, 0.29) is 36.2 Å². The van der Waals surface area contributed by atoms with Crippen molar-refractivity contribution in [2.45, 2.75) is 63.6 Å². The van der Waals surface area contributed by atoms with Gasteiger partial charge in [0.1, 0.15) is 6.04 Å². The molecule has 1 saturated carbocycles. The molecule has 7 nitrogen and oxygen atoms in total. The molecule has 1 fully saturated rings. The van der Waals surface area contributed by atoms with Crippen molar-refractivity contribution in [3.63, 3.8) is 0 Å². The van der Waals surface area contributed by atoms with Crippen LogP contribution in [0.25, 0.3) is 0 Å². The molecule has 1 unspecified atom stereocenters. The number of rotatable bonds is 5. The first-order valence-electron chi connectivity index (χ1n) is 11.3. The maximum absolute atomic E-state index is 13.2. The van der Waals surface area contributed by atoms with Crippen LogP contribution in [0.1, 0.15) is 54.9 Å². The number of benzene rings is 2. The van der Waals surface area contributed by atoms with Crippen molar-refractivity contribution in [3.05, 3.63) is 59.7 Å². The average molecular weight is 435 g/mol. The number of anilines is 2. The van der Waals surface area contributed by atoms with E-state index >= 15 is 0 Å². The molecule has 1 heterocycles. The molecule has 4 rings (SSSR count). The first-order chi connectivity index (χ1) is 15.5. The summed E-state index contributed by atoms with van der Waals surface area (Å²) in [6, 6.07) is 14.4. The predicted molar refractivity (Wildman–Crippen MR) is 124 cm³/mol. The normalized spacial score (nSPS) is 22.6. The third-order valence-electron chi connectivity index (χ3n) is 6.35. The van der Waals surface area contributed by atoms with E-state index in [9.17, 15) is 14.4 Å². The van der Waals surface area contributed by atoms with E-state index in [0.717, 1.165) is 31.2 Å². The summed E-state index contributed by atoms with van der Waals surface area (Å²) in [5, 5.41) is 5.96. The van der Waals surface area contributed by atoms with Crippen LogP contribution in [0.4, 0.5) is 11.4 Å². The van der Waals surface area contributed by atoms with Gasteiger partial charge in [-0.15, -0.1) is 0 Å². The number of carbonyl (C=O) groups excluding carboxylic acids is 3. The highest BCUT2D eigenvalue weighted by Crippen LogP contribution is 2.34. The Morgan fingerprint density at radius 1 is 1.09 bits per heavy atom. The van der Waals surface area contributed by atoms with Crippen molar-refractivity contribution in [3.8, 4) is 0 Å². The molecule has 0 radical (unpaired) electrons. The first kappa shape index (κ1) is 22.0. The summed E-state index contributed by atoms with van der Waals surface area (Å²) in [7, 11) is 0. The zero-order valence-electron chi connectivity index (χ0n) is 18.3. The minimum Gasteiger partial charge on any atom is -0.349 e. The molecule has 3 amide bonds. The monoisotopic (exact) mass is 434 g/mol. The Hall–Kier alpha value is -3.19. The van der Waals surface area contributed by atoms with Gasteiger partial charge in [-0.1, -0.05) is 37.3 Å². The third kappa shape index (κ3) is 4.67. The fourth-order valence-corrected chi connectivity index (χ4v) is 4.55. The van der Waals surface area contributed by atoms with Gasteiger partial charge in [-0.3, -0.25) is 19.3 Å².